The van der Waals surface area contributed by atoms with Gasteiger partial charge in [-0.2, -0.15) is 12.7 Å². The van der Waals surface area contributed by atoms with Crippen LogP contribution in [-0.2, 0) is 10.2 Å². The fourth-order valence-corrected chi connectivity index (χ4v) is 1.98. The van der Waals surface area contributed by atoms with E-state index in [2.05, 4.69) is 0 Å². The first-order chi connectivity index (χ1) is 7.38. The maximum Gasteiger partial charge on any atom is 0.277 e. The lowest BCUT2D eigenvalue weighted by Gasteiger charge is -2.23. The molecule has 0 saturated carbocycles. The van der Waals surface area contributed by atoms with Crippen molar-refractivity contribution in [3.63, 3.8) is 0 Å². The van der Waals surface area contributed by atoms with Crippen molar-refractivity contribution in [2.24, 2.45) is 5.14 Å². The first-order valence-electron chi connectivity index (χ1n) is 4.76. The van der Waals surface area contributed by atoms with Gasteiger partial charge in [0.2, 0.25) is 0 Å². The lowest BCUT2D eigenvalue weighted by molar-refractivity contribution is 0.367. The quantitative estimate of drug-likeness (QED) is 0.855. The SMILES string of the molecule is COc1ccccc1C(C)N(C)S(N)(=O)=O. The van der Waals surface area contributed by atoms with Crippen LogP contribution in [0.25, 0.3) is 0 Å². The number of benzene rings is 1. The number of nitrogens with two attached hydrogens (primary N) is 1. The molecule has 0 bridgehead atoms. The van der Waals surface area contributed by atoms with E-state index in [0.717, 1.165) is 9.87 Å². The first-order valence-corrected chi connectivity index (χ1v) is 6.27. The smallest absolute Gasteiger partial charge is 0.277 e. The molecule has 1 unspecified atom stereocenters. The molecule has 5 nitrogen and oxygen atoms in total. The number of para-hydroxylation sites is 1. The van der Waals surface area contributed by atoms with Gasteiger partial charge in [0.1, 0.15) is 5.75 Å². The Hall–Kier alpha value is -1.11. The molecule has 0 radical (unpaired) electrons. The second-order valence-corrected chi connectivity index (χ2v) is 5.08. The van der Waals surface area contributed by atoms with Gasteiger partial charge in [0, 0.05) is 12.6 Å². The van der Waals surface area contributed by atoms with Crippen molar-refractivity contribution in [3.8, 4) is 5.75 Å². The van der Waals surface area contributed by atoms with Crippen LogP contribution >= 0.6 is 0 Å². The number of hydrogen-bond donors (Lipinski definition) is 1. The van der Waals surface area contributed by atoms with Crippen molar-refractivity contribution in [1.82, 2.24) is 4.31 Å². The number of methoxy groups -OCH3 is 1. The van der Waals surface area contributed by atoms with Gasteiger partial charge in [-0.05, 0) is 13.0 Å². The van der Waals surface area contributed by atoms with E-state index in [4.69, 9.17) is 9.88 Å². The van der Waals surface area contributed by atoms with Gasteiger partial charge in [-0.15, -0.1) is 0 Å². The number of nitrogens with zero attached hydrogens (tertiary/aromatic N) is 1. The normalized spacial score (nSPS) is 13.8. The summed E-state index contributed by atoms with van der Waals surface area (Å²) in [4.78, 5) is 0. The molecule has 0 fully saturated rings. The predicted octanol–water partition coefficient (Wildman–Crippen LogP) is 0.891. The molecule has 0 spiro atoms. The fourth-order valence-electron chi connectivity index (χ4n) is 1.43. The summed E-state index contributed by atoms with van der Waals surface area (Å²) in [5.41, 5.74) is 0.779. The third-order valence-corrected chi connectivity index (χ3v) is 3.65. The molecule has 6 heteroatoms. The van der Waals surface area contributed by atoms with Gasteiger partial charge in [0.05, 0.1) is 13.2 Å². The summed E-state index contributed by atoms with van der Waals surface area (Å²) in [5, 5.41) is 5.07. The zero-order chi connectivity index (χ0) is 12.3. The number of rotatable bonds is 4. The third-order valence-electron chi connectivity index (χ3n) is 2.54. The lowest BCUT2D eigenvalue weighted by atomic mass is 10.1. The lowest BCUT2D eigenvalue weighted by Crippen LogP contribution is -2.35. The summed E-state index contributed by atoms with van der Waals surface area (Å²) in [6.07, 6.45) is 0. The van der Waals surface area contributed by atoms with Crippen LogP contribution in [0.5, 0.6) is 5.75 Å². The van der Waals surface area contributed by atoms with Gasteiger partial charge in [0.15, 0.2) is 0 Å². The summed E-state index contributed by atoms with van der Waals surface area (Å²) < 4.78 is 28.7. The standard InChI is InChI=1S/C10H16N2O3S/c1-8(12(2)16(11,13)14)9-6-4-5-7-10(9)15-3/h4-8H,1-3H3,(H2,11,13,14). The van der Waals surface area contributed by atoms with Crippen LogP contribution in [0.2, 0.25) is 0 Å². The van der Waals surface area contributed by atoms with Crippen molar-refractivity contribution in [2.45, 2.75) is 13.0 Å². The Morgan fingerprint density at radius 2 is 1.94 bits per heavy atom. The molecule has 0 aliphatic carbocycles. The minimum absolute atomic E-state index is 0.369. The van der Waals surface area contributed by atoms with Crippen LogP contribution in [0.4, 0.5) is 0 Å². The van der Waals surface area contributed by atoms with Crippen LogP contribution in [0.3, 0.4) is 0 Å². The van der Waals surface area contributed by atoms with Crippen LogP contribution in [0.1, 0.15) is 18.5 Å². The maximum atomic E-state index is 11.2. The summed E-state index contributed by atoms with van der Waals surface area (Å²) in [6.45, 7) is 1.75. The monoisotopic (exact) mass is 244 g/mol. The van der Waals surface area contributed by atoms with E-state index < -0.39 is 10.2 Å². The number of hydrogen-bond acceptors (Lipinski definition) is 3. The average Bonchev–Trinajstić information content (AvgIpc) is 2.25. The molecular weight excluding hydrogens is 228 g/mol. The van der Waals surface area contributed by atoms with Crippen LogP contribution < -0.4 is 9.88 Å². The summed E-state index contributed by atoms with van der Waals surface area (Å²) in [7, 11) is -0.716. The summed E-state index contributed by atoms with van der Waals surface area (Å²) in [6, 6.07) is 6.87. The molecule has 0 aliphatic heterocycles. The minimum Gasteiger partial charge on any atom is -0.496 e. The molecule has 16 heavy (non-hydrogen) atoms. The molecule has 0 amide bonds. The van der Waals surface area contributed by atoms with Crippen molar-refractivity contribution in [1.29, 1.82) is 0 Å². The Balaban J connectivity index is 3.10. The molecule has 0 aromatic heterocycles. The molecular formula is C10H16N2O3S. The van der Waals surface area contributed by atoms with Crippen molar-refractivity contribution in [2.75, 3.05) is 14.2 Å². The van der Waals surface area contributed by atoms with Gasteiger partial charge in [-0.1, -0.05) is 18.2 Å². The second kappa shape index (κ2) is 4.82. The fraction of sp³-hybridized carbons (Fsp3) is 0.400. The maximum absolute atomic E-state index is 11.2. The van der Waals surface area contributed by atoms with Gasteiger partial charge >= 0.3 is 0 Å². The average molecular weight is 244 g/mol. The third kappa shape index (κ3) is 2.72. The predicted molar refractivity (Wildman–Crippen MR) is 62.3 cm³/mol. The largest absolute Gasteiger partial charge is 0.496 e. The van der Waals surface area contributed by atoms with Crippen LogP contribution in [0.15, 0.2) is 24.3 Å². The van der Waals surface area contributed by atoms with Gasteiger partial charge in [-0.25, -0.2) is 5.14 Å². The van der Waals surface area contributed by atoms with Gasteiger partial charge in [-0.3, -0.25) is 0 Å². The van der Waals surface area contributed by atoms with E-state index in [1.807, 2.05) is 18.2 Å². The molecule has 2 N–H and O–H groups in total. The van der Waals surface area contributed by atoms with E-state index in [-0.39, 0.29) is 6.04 Å². The van der Waals surface area contributed by atoms with Crippen molar-refractivity contribution in [3.05, 3.63) is 29.8 Å². The Kier molecular flexibility index (Phi) is 3.90. The Morgan fingerprint density at radius 1 is 1.38 bits per heavy atom. The Labute approximate surface area is 96.0 Å². The highest BCUT2D eigenvalue weighted by Crippen LogP contribution is 2.28. The van der Waals surface area contributed by atoms with E-state index in [9.17, 15) is 8.42 Å². The summed E-state index contributed by atoms with van der Waals surface area (Å²) in [5.74, 6) is 0.644. The number of ether oxygens (including phenoxy) is 1. The second-order valence-electron chi connectivity index (χ2n) is 3.48. The highest BCUT2D eigenvalue weighted by molar-refractivity contribution is 7.86. The van der Waals surface area contributed by atoms with Crippen molar-refractivity contribution >= 4 is 10.2 Å². The van der Waals surface area contributed by atoms with Crippen LogP contribution in [-0.4, -0.2) is 26.9 Å². The highest BCUT2D eigenvalue weighted by atomic mass is 32.2. The molecule has 1 rings (SSSR count). The molecule has 1 aromatic carbocycles. The molecule has 1 aromatic rings. The van der Waals surface area contributed by atoms with E-state index in [1.54, 1.807) is 20.1 Å². The molecule has 1 atom stereocenters. The summed E-state index contributed by atoms with van der Waals surface area (Å²) >= 11 is 0. The van der Waals surface area contributed by atoms with Crippen LogP contribution in [0, 0.1) is 0 Å². The van der Waals surface area contributed by atoms with Gasteiger partial charge in [0.25, 0.3) is 10.2 Å². The van der Waals surface area contributed by atoms with Crippen molar-refractivity contribution < 1.29 is 13.2 Å². The van der Waals surface area contributed by atoms with E-state index in [0.29, 0.717) is 5.75 Å². The molecule has 0 saturated heterocycles. The van der Waals surface area contributed by atoms with Gasteiger partial charge < -0.3 is 4.74 Å². The topological polar surface area (TPSA) is 72.6 Å². The first kappa shape index (κ1) is 13.0. The van der Waals surface area contributed by atoms with E-state index in [1.165, 1.54) is 7.05 Å². The molecule has 0 aliphatic rings. The molecule has 90 valence electrons. The highest BCUT2D eigenvalue weighted by Gasteiger charge is 2.22. The Bertz CT molecular complexity index is 459. The zero-order valence-electron chi connectivity index (χ0n) is 9.54. The zero-order valence-corrected chi connectivity index (χ0v) is 10.4. The Morgan fingerprint density at radius 3 is 2.44 bits per heavy atom. The molecule has 0 heterocycles. The minimum atomic E-state index is -3.70. The van der Waals surface area contributed by atoms with E-state index >= 15 is 0 Å².